The monoisotopic (exact) mass is 244 g/mol. The molecule has 0 fully saturated rings. The number of nitrogens with zero attached hydrogens (tertiary/aromatic N) is 3. The second-order valence-electron chi connectivity index (χ2n) is 4.65. The van der Waals surface area contributed by atoms with E-state index >= 15 is 0 Å². The zero-order valence-electron chi connectivity index (χ0n) is 11.2. The lowest BCUT2D eigenvalue weighted by Gasteiger charge is -2.22. The van der Waals surface area contributed by atoms with Crippen LogP contribution in [-0.2, 0) is 20.1 Å². The van der Waals surface area contributed by atoms with Crippen LogP contribution in [0.1, 0.15) is 17.0 Å². The molecule has 4 heteroatoms. The van der Waals surface area contributed by atoms with E-state index in [2.05, 4.69) is 42.1 Å². The van der Waals surface area contributed by atoms with E-state index in [1.165, 1.54) is 11.3 Å². The van der Waals surface area contributed by atoms with Crippen LogP contribution in [0, 0.1) is 6.92 Å². The molecule has 0 aliphatic rings. The van der Waals surface area contributed by atoms with Crippen molar-refractivity contribution in [2.75, 3.05) is 11.9 Å². The summed E-state index contributed by atoms with van der Waals surface area (Å²) in [6.45, 7) is 3.43. The zero-order valence-corrected chi connectivity index (χ0v) is 11.2. The predicted octanol–water partition coefficient (Wildman–Crippen LogP) is 1.82. The van der Waals surface area contributed by atoms with Gasteiger partial charge >= 0.3 is 0 Å². The number of hydrogen-bond acceptors (Lipinski definition) is 3. The quantitative estimate of drug-likeness (QED) is 0.892. The summed E-state index contributed by atoms with van der Waals surface area (Å²) in [6, 6.07) is 6.37. The highest BCUT2D eigenvalue weighted by Crippen LogP contribution is 2.22. The van der Waals surface area contributed by atoms with E-state index < -0.39 is 0 Å². The molecule has 1 heterocycles. The minimum absolute atomic E-state index is 0.556. The van der Waals surface area contributed by atoms with Crippen LogP contribution in [0.3, 0.4) is 0 Å². The van der Waals surface area contributed by atoms with Crippen LogP contribution in [0.5, 0.6) is 0 Å². The normalized spacial score (nSPS) is 10.7. The molecule has 4 nitrogen and oxygen atoms in total. The van der Waals surface area contributed by atoms with Gasteiger partial charge in [-0.2, -0.15) is 0 Å². The summed E-state index contributed by atoms with van der Waals surface area (Å²) >= 11 is 0. The Balaban J connectivity index is 2.25. The fourth-order valence-corrected chi connectivity index (χ4v) is 2.05. The Morgan fingerprint density at radius 1 is 1.39 bits per heavy atom. The molecular formula is C14H20N4. The molecule has 1 aromatic heterocycles. The molecule has 0 unspecified atom stereocenters. The zero-order chi connectivity index (χ0) is 13.1. The lowest BCUT2D eigenvalue weighted by Crippen LogP contribution is -2.21. The predicted molar refractivity (Wildman–Crippen MR) is 74.4 cm³/mol. The van der Waals surface area contributed by atoms with Gasteiger partial charge in [0.25, 0.3) is 0 Å². The van der Waals surface area contributed by atoms with E-state index in [0.29, 0.717) is 6.54 Å². The van der Waals surface area contributed by atoms with Gasteiger partial charge in [-0.1, -0.05) is 12.1 Å². The molecule has 0 radical (unpaired) electrons. The highest BCUT2D eigenvalue weighted by Gasteiger charge is 2.09. The first-order chi connectivity index (χ1) is 8.61. The standard InChI is InChI=1S/C14H20N4/c1-11-4-5-12(9-15)13(8-11)18(3)10-14-16-6-7-17(14)2/h4-8H,9-10,15H2,1-3H3. The molecule has 0 spiro atoms. The summed E-state index contributed by atoms with van der Waals surface area (Å²) in [6.07, 6.45) is 3.78. The largest absolute Gasteiger partial charge is 0.367 e. The van der Waals surface area contributed by atoms with Crippen LogP contribution in [-0.4, -0.2) is 16.6 Å². The number of hydrogen-bond donors (Lipinski definition) is 1. The molecule has 2 rings (SSSR count). The number of aromatic nitrogens is 2. The second-order valence-corrected chi connectivity index (χ2v) is 4.65. The van der Waals surface area contributed by atoms with Gasteiger partial charge < -0.3 is 15.2 Å². The van der Waals surface area contributed by atoms with Crippen molar-refractivity contribution in [3.8, 4) is 0 Å². The van der Waals surface area contributed by atoms with Gasteiger partial charge in [-0.25, -0.2) is 4.98 Å². The van der Waals surface area contributed by atoms with Crippen molar-refractivity contribution in [1.29, 1.82) is 0 Å². The second kappa shape index (κ2) is 5.23. The van der Waals surface area contributed by atoms with Gasteiger partial charge in [-0.15, -0.1) is 0 Å². The van der Waals surface area contributed by atoms with E-state index in [9.17, 15) is 0 Å². The van der Waals surface area contributed by atoms with Crippen LogP contribution in [0.2, 0.25) is 0 Å². The summed E-state index contributed by atoms with van der Waals surface area (Å²) < 4.78 is 2.04. The molecule has 96 valence electrons. The minimum Gasteiger partial charge on any atom is -0.367 e. The van der Waals surface area contributed by atoms with Gasteiger partial charge in [0.15, 0.2) is 0 Å². The molecule has 2 aromatic rings. The van der Waals surface area contributed by atoms with Gasteiger partial charge in [-0.3, -0.25) is 0 Å². The number of nitrogens with two attached hydrogens (primary N) is 1. The van der Waals surface area contributed by atoms with Crippen molar-refractivity contribution in [2.24, 2.45) is 12.8 Å². The third-order valence-electron chi connectivity index (χ3n) is 3.17. The highest BCUT2D eigenvalue weighted by atomic mass is 15.2. The number of benzene rings is 1. The van der Waals surface area contributed by atoms with Gasteiger partial charge in [0, 0.05) is 38.7 Å². The van der Waals surface area contributed by atoms with E-state index in [1.54, 1.807) is 0 Å². The summed E-state index contributed by atoms with van der Waals surface area (Å²) in [5.74, 6) is 1.04. The van der Waals surface area contributed by atoms with Crippen LogP contribution in [0.4, 0.5) is 5.69 Å². The molecule has 0 saturated heterocycles. The molecule has 0 amide bonds. The maximum absolute atomic E-state index is 5.79. The van der Waals surface area contributed by atoms with Crippen molar-refractivity contribution in [3.05, 3.63) is 47.5 Å². The fraction of sp³-hybridized carbons (Fsp3) is 0.357. The van der Waals surface area contributed by atoms with E-state index in [4.69, 9.17) is 5.73 Å². The summed E-state index contributed by atoms with van der Waals surface area (Å²) in [4.78, 5) is 6.54. The fourth-order valence-electron chi connectivity index (χ4n) is 2.05. The average Bonchev–Trinajstić information content (AvgIpc) is 2.75. The molecule has 0 aliphatic heterocycles. The summed E-state index contributed by atoms with van der Waals surface area (Å²) in [5.41, 5.74) is 9.38. The van der Waals surface area contributed by atoms with E-state index in [0.717, 1.165) is 17.9 Å². The van der Waals surface area contributed by atoms with Gasteiger partial charge in [0.05, 0.1) is 6.54 Å². The summed E-state index contributed by atoms with van der Waals surface area (Å²) in [7, 11) is 4.08. The lowest BCUT2D eigenvalue weighted by molar-refractivity contribution is 0.758. The first-order valence-electron chi connectivity index (χ1n) is 6.08. The van der Waals surface area contributed by atoms with Gasteiger partial charge in [0.2, 0.25) is 0 Å². The van der Waals surface area contributed by atoms with Crippen LogP contribution in [0.15, 0.2) is 30.6 Å². The van der Waals surface area contributed by atoms with Crippen molar-refractivity contribution in [1.82, 2.24) is 9.55 Å². The van der Waals surface area contributed by atoms with Crippen LogP contribution in [0.25, 0.3) is 0 Å². The molecule has 0 atom stereocenters. The van der Waals surface area contributed by atoms with Crippen LogP contribution >= 0.6 is 0 Å². The lowest BCUT2D eigenvalue weighted by atomic mass is 10.1. The van der Waals surface area contributed by atoms with Crippen molar-refractivity contribution in [2.45, 2.75) is 20.0 Å². The Morgan fingerprint density at radius 3 is 2.78 bits per heavy atom. The first kappa shape index (κ1) is 12.6. The number of imidazole rings is 1. The Labute approximate surface area is 108 Å². The Kier molecular flexibility index (Phi) is 3.67. The van der Waals surface area contributed by atoms with Crippen molar-refractivity contribution in [3.63, 3.8) is 0 Å². The maximum Gasteiger partial charge on any atom is 0.127 e. The molecular weight excluding hydrogens is 224 g/mol. The Hall–Kier alpha value is -1.81. The average molecular weight is 244 g/mol. The molecule has 1 aromatic carbocycles. The smallest absolute Gasteiger partial charge is 0.127 e. The molecule has 0 aliphatic carbocycles. The first-order valence-corrected chi connectivity index (χ1v) is 6.08. The number of aryl methyl sites for hydroxylation is 2. The SMILES string of the molecule is Cc1ccc(CN)c(N(C)Cc2nccn2C)c1. The third-order valence-corrected chi connectivity index (χ3v) is 3.17. The van der Waals surface area contributed by atoms with E-state index in [1.807, 2.05) is 24.0 Å². The Morgan fingerprint density at radius 2 is 2.17 bits per heavy atom. The molecule has 0 bridgehead atoms. The summed E-state index contributed by atoms with van der Waals surface area (Å²) in [5, 5.41) is 0. The third kappa shape index (κ3) is 2.54. The maximum atomic E-state index is 5.79. The molecule has 2 N–H and O–H groups in total. The molecule has 0 saturated carbocycles. The van der Waals surface area contributed by atoms with Gasteiger partial charge in [0.1, 0.15) is 5.82 Å². The number of anilines is 1. The van der Waals surface area contributed by atoms with Crippen molar-refractivity contribution < 1.29 is 0 Å². The topological polar surface area (TPSA) is 47.1 Å². The number of rotatable bonds is 4. The molecule has 18 heavy (non-hydrogen) atoms. The van der Waals surface area contributed by atoms with Crippen molar-refractivity contribution >= 4 is 5.69 Å². The van der Waals surface area contributed by atoms with Gasteiger partial charge in [-0.05, 0) is 24.1 Å². The van der Waals surface area contributed by atoms with E-state index in [-0.39, 0.29) is 0 Å². The highest BCUT2D eigenvalue weighted by molar-refractivity contribution is 5.55. The Bertz CT molecular complexity index is 530. The van der Waals surface area contributed by atoms with Crippen LogP contribution < -0.4 is 10.6 Å². The minimum atomic E-state index is 0.556.